The van der Waals surface area contributed by atoms with Gasteiger partial charge >= 0.3 is 6.03 Å². The van der Waals surface area contributed by atoms with Gasteiger partial charge in [0.05, 0.1) is 0 Å². The van der Waals surface area contributed by atoms with Gasteiger partial charge in [0.15, 0.2) is 0 Å². The van der Waals surface area contributed by atoms with Gasteiger partial charge in [0.25, 0.3) is 0 Å². The van der Waals surface area contributed by atoms with Crippen molar-refractivity contribution in [3.05, 3.63) is 24.3 Å². The number of piperazine rings is 1. The molecule has 2 rings (SSSR count). The predicted molar refractivity (Wildman–Crippen MR) is 105 cm³/mol. The standard InChI is InChI=1S/C18H28N4O2S/c1-3-5-17(23)19-15-6-4-7-16(14-15)20-18(24)22-10-8-21(9-11-22)12-13-25-2/h4,6-7,14H,3,5,8-13H2,1-2H3,(H,19,23)(H,20,24). The second-order valence-electron chi connectivity index (χ2n) is 6.13. The topological polar surface area (TPSA) is 64.7 Å². The number of hydrogen-bond donors (Lipinski definition) is 2. The monoisotopic (exact) mass is 364 g/mol. The van der Waals surface area contributed by atoms with Crippen LogP contribution in [0.3, 0.4) is 0 Å². The van der Waals surface area contributed by atoms with Crippen molar-refractivity contribution in [2.45, 2.75) is 19.8 Å². The van der Waals surface area contributed by atoms with Gasteiger partial charge in [0.2, 0.25) is 5.91 Å². The van der Waals surface area contributed by atoms with Gasteiger partial charge in [-0.1, -0.05) is 13.0 Å². The summed E-state index contributed by atoms with van der Waals surface area (Å²) in [6.45, 7) is 6.37. The van der Waals surface area contributed by atoms with E-state index in [0.29, 0.717) is 17.8 Å². The molecule has 1 aromatic rings. The lowest BCUT2D eigenvalue weighted by Gasteiger charge is -2.34. The molecule has 25 heavy (non-hydrogen) atoms. The highest BCUT2D eigenvalue weighted by Crippen LogP contribution is 2.16. The zero-order valence-corrected chi connectivity index (χ0v) is 15.9. The SMILES string of the molecule is CCCC(=O)Nc1cccc(NC(=O)N2CCN(CCSC)CC2)c1. The molecule has 0 spiro atoms. The number of carbonyl (C=O) groups excluding carboxylic acids is 2. The third kappa shape index (κ3) is 6.59. The molecule has 0 atom stereocenters. The largest absolute Gasteiger partial charge is 0.326 e. The van der Waals surface area contributed by atoms with Gasteiger partial charge in [-0.2, -0.15) is 11.8 Å². The molecule has 1 aliphatic rings. The van der Waals surface area contributed by atoms with Gasteiger partial charge < -0.3 is 15.5 Å². The van der Waals surface area contributed by atoms with Gasteiger partial charge in [-0.05, 0) is 30.9 Å². The molecular weight excluding hydrogens is 336 g/mol. The summed E-state index contributed by atoms with van der Waals surface area (Å²) in [5.41, 5.74) is 1.40. The first-order valence-corrected chi connectivity index (χ1v) is 10.2. The Hall–Kier alpha value is -1.73. The van der Waals surface area contributed by atoms with E-state index >= 15 is 0 Å². The zero-order valence-electron chi connectivity index (χ0n) is 15.1. The van der Waals surface area contributed by atoms with E-state index in [1.165, 1.54) is 0 Å². The third-order valence-electron chi connectivity index (χ3n) is 4.15. The number of thioether (sulfide) groups is 1. The molecule has 0 aromatic heterocycles. The summed E-state index contributed by atoms with van der Waals surface area (Å²) in [6, 6.07) is 7.20. The lowest BCUT2D eigenvalue weighted by Crippen LogP contribution is -2.50. The van der Waals surface area contributed by atoms with E-state index in [1.54, 1.807) is 6.07 Å². The van der Waals surface area contributed by atoms with Crippen molar-refractivity contribution in [2.24, 2.45) is 0 Å². The molecule has 1 heterocycles. The number of amides is 3. The van der Waals surface area contributed by atoms with Crippen LogP contribution in [0.4, 0.5) is 16.2 Å². The van der Waals surface area contributed by atoms with Crippen LogP contribution in [0.15, 0.2) is 24.3 Å². The molecule has 0 unspecified atom stereocenters. The van der Waals surface area contributed by atoms with Crippen molar-refractivity contribution in [1.82, 2.24) is 9.80 Å². The number of urea groups is 1. The average molecular weight is 365 g/mol. The summed E-state index contributed by atoms with van der Waals surface area (Å²) in [6.07, 6.45) is 3.42. The zero-order chi connectivity index (χ0) is 18.1. The van der Waals surface area contributed by atoms with Gasteiger partial charge in [-0.15, -0.1) is 0 Å². The first-order valence-electron chi connectivity index (χ1n) is 8.79. The number of hydrogen-bond acceptors (Lipinski definition) is 4. The molecule has 0 saturated carbocycles. The Labute approximate surface area is 154 Å². The Morgan fingerprint density at radius 2 is 1.80 bits per heavy atom. The van der Waals surface area contributed by atoms with Gasteiger partial charge in [-0.25, -0.2) is 4.79 Å². The smallest absolute Gasteiger partial charge is 0.321 e. The van der Waals surface area contributed by atoms with Crippen LogP contribution >= 0.6 is 11.8 Å². The van der Waals surface area contributed by atoms with E-state index in [4.69, 9.17) is 0 Å². The minimum absolute atomic E-state index is 0.00709. The first-order chi connectivity index (χ1) is 12.1. The Morgan fingerprint density at radius 3 is 2.44 bits per heavy atom. The van der Waals surface area contributed by atoms with Crippen molar-refractivity contribution in [1.29, 1.82) is 0 Å². The quantitative estimate of drug-likeness (QED) is 0.781. The van der Waals surface area contributed by atoms with Crippen LogP contribution in [0, 0.1) is 0 Å². The normalized spacial score (nSPS) is 15.0. The predicted octanol–water partition coefficient (Wildman–Crippen LogP) is 2.94. The molecule has 1 aromatic carbocycles. The number of anilines is 2. The highest BCUT2D eigenvalue weighted by atomic mass is 32.2. The van der Waals surface area contributed by atoms with Crippen LogP contribution in [-0.4, -0.2) is 66.5 Å². The van der Waals surface area contributed by atoms with Crippen LogP contribution in [0.2, 0.25) is 0 Å². The summed E-state index contributed by atoms with van der Waals surface area (Å²) in [5, 5.41) is 5.78. The molecule has 3 amide bonds. The molecular formula is C18H28N4O2S. The molecule has 0 aliphatic carbocycles. The maximum absolute atomic E-state index is 12.4. The number of benzene rings is 1. The molecule has 1 fully saturated rings. The Balaban J connectivity index is 1.83. The molecule has 138 valence electrons. The maximum atomic E-state index is 12.4. The molecule has 0 bridgehead atoms. The number of carbonyl (C=O) groups is 2. The lowest BCUT2D eigenvalue weighted by atomic mass is 10.2. The van der Waals surface area contributed by atoms with E-state index in [9.17, 15) is 9.59 Å². The summed E-state index contributed by atoms with van der Waals surface area (Å²) < 4.78 is 0. The van der Waals surface area contributed by atoms with Gasteiger partial charge in [0, 0.05) is 56.3 Å². The van der Waals surface area contributed by atoms with Crippen LogP contribution < -0.4 is 10.6 Å². The van der Waals surface area contributed by atoms with Crippen molar-refractivity contribution < 1.29 is 9.59 Å². The van der Waals surface area contributed by atoms with Crippen molar-refractivity contribution in [2.75, 3.05) is 55.4 Å². The van der Waals surface area contributed by atoms with Gasteiger partial charge in [-0.3, -0.25) is 9.69 Å². The van der Waals surface area contributed by atoms with E-state index in [0.717, 1.165) is 44.9 Å². The van der Waals surface area contributed by atoms with Crippen molar-refractivity contribution in [3.8, 4) is 0 Å². The Kier molecular flexibility index (Phi) is 8.08. The lowest BCUT2D eigenvalue weighted by molar-refractivity contribution is -0.116. The summed E-state index contributed by atoms with van der Waals surface area (Å²) >= 11 is 1.85. The highest BCUT2D eigenvalue weighted by molar-refractivity contribution is 7.98. The summed E-state index contributed by atoms with van der Waals surface area (Å²) in [4.78, 5) is 28.4. The molecule has 6 nitrogen and oxygen atoms in total. The highest BCUT2D eigenvalue weighted by Gasteiger charge is 2.20. The molecule has 7 heteroatoms. The first kappa shape index (κ1) is 19.6. The van der Waals surface area contributed by atoms with Crippen LogP contribution in [-0.2, 0) is 4.79 Å². The van der Waals surface area contributed by atoms with E-state index in [1.807, 2.05) is 41.8 Å². The van der Waals surface area contributed by atoms with Crippen molar-refractivity contribution in [3.63, 3.8) is 0 Å². The number of nitrogens with one attached hydrogen (secondary N) is 2. The van der Waals surface area contributed by atoms with Crippen LogP contribution in [0.1, 0.15) is 19.8 Å². The van der Waals surface area contributed by atoms with E-state index in [2.05, 4.69) is 21.8 Å². The van der Waals surface area contributed by atoms with Gasteiger partial charge in [0.1, 0.15) is 0 Å². The Bertz CT molecular complexity index is 574. The minimum Gasteiger partial charge on any atom is -0.326 e. The molecule has 1 saturated heterocycles. The van der Waals surface area contributed by atoms with E-state index in [-0.39, 0.29) is 11.9 Å². The molecule has 2 N–H and O–H groups in total. The molecule has 0 radical (unpaired) electrons. The number of rotatable bonds is 7. The minimum atomic E-state index is -0.0819. The van der Waals surface area contributed by atoms with E-state index < -0.39 is 0 Å². The Morgan fingerprint density at radius 1 is 1.12 bits per heavy atom. The maximum Gasteiger partial charge on any atom is 0.321 e. The summed E-state index contributed by atoms with van der Waals surface area (Å²) in [7, 11) is 0. The van der Waals surface area contributed by atoms with Crippen LogP contribution in [0.25, 0.3) is 0 Å². The third-order valence-corrected chi connectivity index (χ3v) is 4.74. The fraction of sp³-hybridized carbons (Fsp3) is 0.556. The fourth-order valence-corrected chi connectivity index (χ4v) is 3.16. The average Bonchev–Trinajstić information content (AvgIpc) is 2.61. The second kappa shape index (κ2) is 10.3. The second-order valence-corrected chi connectivity index (χ2v) is 7.12. The van der Waals surface area contributed by atoms with Crippen molar-refractivity contribution >= 4 is 35.1 Å². The van der Waals surface area contributed by atoms with Crippen LogP contribution in [0.5, 0.6) is 0 Å². The summed E-state index contributed by atoms with van der Waals surface area (Å²) in [5.74, 6) is 1.12. The fourth-order valence-electron chi connectivity index (χ4n) is 2.72. The molecule has 1 aliphatic heterocycles. The number of nitrogens with zero attached hydrogens (tertiary/aromatic N) is 2.